The van der Waals surface area contributed by atoms with Crippen LogP contribution in [0, 0.1) is 22.5 Å². The predicted molar refractivity (Wildman–Crippen MR) is 31.1 cm³/mol. The molecule has 0 aromatic heterocycles. The van der Waals surface area contributed by atoms with E-state index in [4.69, 9.17) is 10.5 Å². The summed E-state index contributed by atoms with van der Waals surface area (Å²) >= 11 is 0. The third-order valence-electron chi connectivity index (χ3n) is 0. The van der Waals surface area contributed by atoms with Gasteiger partial charge in [0.1, 0.15) is 0 Å². The van der Waals surface area contributed by atoms with Crippen molar-refractivity contribution in [3.63, 3.8) is 0 Å². The molecule has 0 saturated carbocycles. The SMILES string of the molecule is [BH3-]C#N.[BH3-]C#N.[Co+2]. The summed E-state index contributed by atoms with van der Waals surface area (Å²) in [5, 5.41) is 14.9. The summed E-state index contributed by atoms with van der Waals surface area (Å²) < 4.78 is 0. The molecular formula is C2H6B2CoN2. The summed E-state index contributed by atoms with van der Waals surface area (Å²) in [4.78, 5) is 0. The van der Waals surface area contributed by atoms with Gasteiger partial charge in [0.2, 0.25) is 0 Å². The first-order valence-corrected chi connectivity index (χ1v) is 0.447. The molecular weight excluding hydrogens is 133 g/mol. The Morgan fingerprint density at radius 2 is 1.00 bits per heavy atom. The van der Waals surface area contributed by atoms with Crippen LogP contribution in [0.5, 0.6) is 0 Å². The molecule has 0 amide bonds. The first-order chi connectivity index (χ1) is 2.83. The second-order valence-corrected chi connectivity index (χ2v) is 0. The molecule has 0 saturated heterocycles. The molecule has 0 aliphatic carbocycles. The van der Waals surface area contributed by atoms with Crippen molar-refractivity contribution in [1.82, 2.24) is 0 Å². The van der Waals surface area contributed by atoms with E-state index in [1.807, 2.05) is 11.9 Å². The maximum absolute atomic E-state index is 7.43. The van der Waals surface area contributed by atoms with Gasteiger partial charge in [-0.1, -0.05) is 0 Å². The van der Waals surface area contributed by atoms with Crippen molar-refractivity contribution in [2.45, 2.75) is 0 Å². The van der Waals surface area contributed by atoms with E-state index >= 15 is 0 Å². The minimum absolute atomic E-state index is 0. The number of nitriles is 2. The molecule has 0 aliphatic rings. The molecule has 0 bridgehead atoms. The molecule has 7 heavy (non-hydrogen) atoms. The van der Waals surface area contributed by atoms with Gasteiger partial charge < -0.3 is 0 Å². The maximum atomic E-state index is 7.43. The summed E-state index contributed by atoms with van der Waals surface area (Å²) in [5.41, 5.74) is 0. The number of rotatable bonds is 0. The fourth-order valence-corrected chi connectivity index (χ4v) is 0. The van der Waals surface area contributed by atoms with E-state index in [2.05, 4.69) is 0 Å². The van der Waals surface area contributed by atoms with E-state index in [9.17, 15) is 0 Å². The largest absolute Gasteiger partial charge is 2.00 e. The molecule has 0 heterocycles. The van der Waals surface area contributed by atoms with Gasteiger partial charge in [-0.3, -0.25) is 10.5 Å². The molecule has 0 fully saturated rings. The molecule has 39 valence electrons. The number of hydrogen-bond acceptors (Lipinski definition) is 2. The number of nitrogens with zero attached hydrogens (tertiary/aromatic N) is 2. The van der Waals surface area contributed by atoms with E-state index in [1.165, 1.54) is 0 Å². The topological polar surface area (TPSA) is 47.6 Å². The van der Waals surface area contributed by atoms with Crippen molar-refractivity contribution in [1.29, 1.82) is 10.5 Å². The molecule has 0 rings (SSSR count). The van der Waals surface area contributed by atoms with E-state index in [0.29, 0.717) is 0 Å². The van der Waals surface area contributed by atoms with Gasteiger partial charge in [0.25, 0.3) is 0 Å². The van der Waals surface area contributed by atoms with Gasteiger partial charge in [-0.25, -0.2) is 0 Å². The smallest absolute Gasteiger partial charge is 0.251 e. The van der Waals surface area contributed by atoms with Crippen LogP contribution in [0.25, 0.3) is 0 Å². The Kier molecular flexibility index (Phi) is 104. The van der Waals surface area contributed by atoms with Crippen LogP contribution >= 0.6 is 0 Å². The summed E-state index contributed by atoms with van der Waals surface area (Å²) in [7, 11) is 0.139. The summed E-state index contributed by atoms with van der Waals surface area (Å²) in [5.74, 6) is 4.00. The van der Waals surface area contributed by atoms with E-state index in [1.54, 1.807) is 0 Å². The molecule has 2 nitrogen and oxygen atoms in total. The van der Waals surface area contributed by atoms with Gasteiger partial charge >= 0.3 is 16.8 Å². The van der Waals surface area contributed by atoms with Crippen LogP contribution in [0.4, 0.5) is 0 Å². The second-order valence-electron chi connectivity index (χ2n) is 0. The Hall–Kier alpha value is -0.384. The minimum atomic E-state index is 0. The molecule has 1 radical (unpaired) electrons. The van der Waals surface area contributed by atoms with E-state index in [0.717, 1.165) is 0 Å². The standard InChI is InChI=1S/2CH3BN.Co/c2*2-1-3;/h2*2H3;/q2*-1;+2. The monoisotopic (exact) mass is 139 g/mol. The van der Waals surface area contributed by atoms with Crippen LogP contribution in [0.15, 0.2) is 0 Å². The third kappa shape index (κ3) is 499. The quantitative estimate of drug-likeness (QED) is 0.353. The molecule has 0 spiro atoms. The predicted octanol–water partition coefficient (Wildman–Crippen LogP) is -2.34. The van der Waals surface area contributed by atoms with E-state index in [-0.39, 0.29) is 32.5 Å². The third-order valence-corrected chi connectivity index (χ3v) is 0. The Bertz CT molecular complexity index is 68.7. The molecule has 0 N–H and O–H groups in total. The molecule has 0 unspecified atom stereocenters. The fraction of sp³-hybridized carbons (Fsp3) is 0. The van der Waals surface area contributed by atoms with Gasteiger partial charge in [0.05, 0.1) is 15.7 Å². The number of hydrogen-bond donors (Lipinski definition) is 0. The van der Waals surface area contributed by atoms with Crippen LogP contribution < -0.4 is 0 Å². The van der Waals surface area contributed by atoms with E-state index < -0.39 is 0 Å². The van der Waals surface area contributed by atoms with Crippen LogP contribution in [0.1, 0.15) is 0 Å². The second kappa shape index (κ2) is 45.8. The molecule has 0 atom stereocenters. The van der Waals surface area contributed by atoms with Crippen LogP contribution in [0.3, 0.4) is 0 Å². The zero-order valence-corrected chi connectivity index (χ0v) is 3.27. The fourth-order valence-electron chi connectivity index (χ4n) is 0. The van der Waals surface area contributed by atoms with Crippen molar-refractivity contribution < 1.29 is 16.8 Å². The van der Waals surface area contributed by atoms with Crippen LogP contribution in [-0.2, 0) is 16.8 Å². The molecule has 0 aliphatic heterocycles. The molecule has 0 aromatic carbocycles. The first-order valence-electron chi connectivity index (χ1n) is 0.447. The van der Waals surface area contributed by atoms with Crippen molar-refractivity contribution in [3.8, 4) is 11.9 Å². The van der Waals surface area contributed by atoms with Gasteiger partial charge in [-0.05, 0) is 0 Å². The van der Waals surface area contributed by atoms with Crippen molar-refractivity contribution in [3.05, 3.63) is 0 Å². The Morgan fingerprint density at radius 3 is 1.00 bits per heavy atom. The summed E-state index contributed by atoms with van der Waals surface area (Å²) in [6, 6.07) is 0. The zero-order valence-electron chi connectivity index (χ0n) is 2.23. The van der Waals surface area contributed by atoms with Crippen LogP contribution in [-0.4, -0.2) is 15.7 Å². The van der Waals surface area contributed by atoms with Crippen molar-refractivity contribution >= 4 is 15.7 Å². The van der Waals surface area contributed by atoms with Gasteiger partial charge in [-0.2, -0.15) is 11.9 Å². The average molecular weight is 139 g/mol. The van der Waals surface area contributed by atoms with Crippen molar-refractivity contribution in [2.75, 3.05) is 0 Å². The maximum Gasteiger partial charge on any atom is 2.00 e. The molecule has 0 aromatic rings. The Morgan fingerprint density at radius 1 is 1.00 bits per heavy atom. The average Bonchev–Trinajstić information content (AvgIpc) is 1.39. The van der Waals surface area contributed by atoms with Gasteiger partial charge in [0.15, 0.2) is 0 Å². The molecule has 5 heteroatoms. The van der Waals surface area contributed by atoms with Crippen LogP contribution in [0.2, 0.25) is 0 Å². The summed E-state index contributed by atoms with van der Waals surface area (Å²) in [6.45, 7) is 0. The van der Waals surface area contributed by atoms with Gasteiger partial charge in [-0.15, -0.1) is 0 Å². The summed E-state index contributed by atoms with van der Waals surface area (Å²) in [6.07, 6.45) is 0. The normalized spacial score (nSPS) is 2.29. The first kappa shape index (κ1) is 16.0. The minimum Gasteiger partial charge on any atom is -0.251 e. The zero-order chi connectivity index (χ0) is 5.41. The van der Waals surface area contributed by atoms with Crippen molar-refractivity contribution in [2.24, 2.45) is 0 Å². The Balaban J connectivity index is -0.0000000400. The van der Waals surface area contributed by atoms with Gasteiger partial charge in [0, 0.05) is 0 Å². The Labute approximate surface area is 55.5 Å².